The van der Waals surface area contributed by atoms with Gasteiger partial charge >= 0.3 is 12.3 Å². The zero-order chi connectivity index (χ0) is 13.1. The number of aryl methyl sites for hydroxylation is 1. The van der Waals surface area contributed by atoms with Gasteiger partial charge in [0.25, 0.3) is 0 Å². The summed E-state index contributed by atoms with van der Waals surface area (Å²) >= 11 is 0. The first-order valence-corrected chi connectivity index (χ1v) is 4.83. The average Bonchev–Trinajstić information content (AvgIpc) is 2.25. The van der Waals surface area contributed by atoms with Crippen molar-refractivity contribution in [3.8, 4) is 0 Å². The Hall–Kier alpha value is -1.72. The van der Waals surface area contributed by atoms with Gasteiger partial charge in [0.2, 0.25) is 0 Å². The number of benzene rings is 1. The number of amides is 1. The summed E-state index contributed by atoms with van der Waals surface area (Å²) < 4.78 is 39.6. The van der Waals surface area contributed by atoms with Gasteiger partial charge in [-0.15, -0.1) is 0 Å². The molecule has 0 unspecified atom stereocenters. The van der Waals surface area contributed by atoms with Crippen LogP contribution in [0.25, 0.3) is 0 Å². The van der Waals surface area contributed by atoms with Gasteiger partial charge in [-0.05, 0) is 19.1 Å². The minimum atomic E-state index is -4.51. The number of hydrogen-bond acceptors (Lipinski definition) is 2. The molecule has 0 bridgehead atoms. The molecule has 1 aromatic rings. The van der Waals surface area contributed by atoms with Crippen LogP contribution < -0.4 is 4.90 Å². The van der Waals surface area contributed by atoms with Crippen LogP contribution in [0.5, 0.6) is 0 Å². The maximum absolute atomic E-state index is 11.8. The Morgan fingerprint density at radius 2 is 1.82 bits per heavy atom. The first kappa shape index (κ1) is 13.3. The molecule has 0 atom stereocenters. The number of carbonyl (C=O) groups excluding carboxylic acids is 1. The summed E-state index contributed by atoms with van der Waals surface area (Å²) in [5.74, 6) is 0. The van der Waals surface area contributed by atoms with E-state index >= 15 is 0 Å². The van der Waals surface area contributed by atoms with Crippen molar-refractivity contribution in [3.63, 3.8) is 0 Å². The molecule has 1 aromatic carbocycles. The van der Waals surface area contributed by atoms with Gasteiger partial charge in [-0.3, -0.25) is 4.90 Å². The van der Waals surface area contributed by atoms with Crippen LogP contribution in [0.15, 0.2) is 24.3 Å². The minimum absolute atomic E-state index is 0.475. The van der Waals surface area contributed by atoms with E-state index in [0.717, 1.165) is 10.5 Å². The number of carbonyl (C=O) groups is 1. The van der Waals surface area contributed by atoms with Gasteiger partial charge in [-0.25, -0.2) is 4.79 Å². The van der Waals surface area contributed by atoms with Crippen molar-refractivity contribution >= 4 is 11.8 Å². The number of hydrogen-bond donors (Lipinski definition) is 0. The molecule has 0 spiro atoms. The lowest BCUT2D eigenvalue weighted by atomic mass is 10.2. The molecule has 3 nitrogen and oxygen atoms in total. The van der Waals surface area contributed by atoms with Crippen LogP contribution in [-0.2, 0) is 4.74 Å². The summed E-state index contributed by atoms with van der Waals surface area (Å²) in [6, 6.07) is 6.76. The third kappa shape index (κ3) is 4.34. The zero-order valence-corrected chi connectivity index (χ0v) is 9.41. The van der Waals surface area contributed by atoms with Crippen LogP contribution in [0.4, 0.5) is 23.7 Å². The zero-order valence-electron chi connectivity index (χ0n) is 9.41. The topological polar surface area (TPSA) is 29.5 Å². The predicted molar refractivity (Wildman–Crippen MR) is 57.0 cm³/mol. The van der Waals surface area contributed by atoms with Gasteiger partial charge in [0.15, 0.2) is 6.61 Å². The van der Waals surface area contributed by atoms with Crippen molar-refractivity contribution in [1.82, 2.24) is 0 Å². The summed E-state index contributed by atoms with van der Waals surface area (Å²) in [7, 11) is 1.35. The lowest BCUT2D eigenvalue weighted by molar-refractivity contribution is -0.159. The van der Waals surface area contributed by atoms with Gasteiger partial charge in [0.1, 0.15) is 0 Å². The molecule has 0 saturated carbocycles. The Morgan fingerprint density at radius 3 is 2.29 bits per heavy atom. The molecule has 0 aromatic heterocycles. The second-order valence-corrected chi connectivity index (χ2v) is 3.56. The number of halogens is 3. The molecule has 0 radical (unpaired) electrons. The molecule has 0 aliphatic heterocycles. The molecule has 0 saturated heterocycles. The van der Waals surface area contributed by atoms with E-state index < -0.39 is 18.9 Å². The van der Waals surface area contributed by atoms with E-state index in [9.17, 15) is 18.0 Å². The van der Waals surface area contributed by atoms with E-state index in [1.807, 2.05) is 6.92 Å². The number of rotatable bonds is 2. The van der Waals surface area contributed by atoms with Crippen LogP contribution in [0.2, 0.25) is 0 Å². The van der Waals surface area contributed by atoms with Crippen LogP contribution in [0.1, 0.15) is 5.56 Å². The van der Waals surface area contributed by atoms with Gasteiger partial charge < -0.3 is 4.74 Å². The number of anilines is 1. The maximum Gasteiger partial charge on any atom is 0.422 e. The van der Waals surface area contributed by atoms with E-state index in [1.54, 1.807) is 24.3 Å². The molecule has 0 heterocycles. The highest BCUT2D eigenvalue weighted by molar-refractivity contribution is 5.86. The quantitative estimate of drug-likeness (QED) is 0.803. The Bertz CT molecular complexity index is 387. The SMILES string of the molecule is Cc1ccc(N(C)C(=O)OCC(F)(F)F)cc1. The highest BCUT2D eigenvalue weighted by atomic mass is 19.4. The van der Waals surface area contributed by atoms with Gasteiger partial charge in [-0.1, -0.05) is 17.7 Å². The van der Waals surface area contributed by atoms with Gasteiger partial charge in [0.05, 0.1) is 0 Å². The number of ether oxygens (including phenoxy) is 1. The fourth-order valence-electron chi connectivity index (χ4n) is 1.11. The molecular formula is C11H12F3NO2. The van der Waals surface area contributed by atoms with E-state index in [0.29, 0.717) is 5.69 Å². The molecule has 0 fully saturated rings. The molecule has 94 valence electrons. The second kappa shape index (κ2) is 5.07. The summed E-state index contributed by atoms with van der Waals surface area (Å²) in [5, 5.41) is 0. The molecular weight excluding hydrogens is 235 g/mol. The summed E-state index contributed by atoms with van der Waals surface area (Å²) in [5.41, 5.74) is 1.47. The number of alkyl halides is 3. The fraction of sp³-hybridized carbons (Fsp3) is 0.364. The molecule has 1 amide bonds. The second-order valence-electron chi connectivity index (χ2n) is 3.56. The first-order chi connectivity index (χ1) is 7.79. The van der Waals surface area contributed by atoms with Crippen molar-refractivity contribution < 1.29 is 22.7 Å². The van der Waals surface area contributed by atoms with Crippen LogP contribution in [-0.4, -0.2) is 25.9 Å². The Balaban J connectivity index is 2.61. The van der Waals surface area contributed by atoms with E-state index in [2.05, 4.69) is 4.74 Å². The molecule has 0 N–H and O–H groups in total. The van der Waals surface area contributed by atoms with E-state index in [4.69, 9.17) is 0 Å². The Morgan fingerprint density at radius 1 is 1.29 bits per heavy atom. The van der Waals surface area contributed by atoms with E-state index in [-0.39, 0.29) is 0 Å². The molecule has 17 heavy (non-hydrogen) atoms. The molecule has 1 rings (SSSR count). The first-order valence-electron chi connectivity index (χ1n) is 4.83. The van der Waals surface area contributed by atoms with Crippen molar-refractivity contribution in [1.29, 1.82) is 0 Å². The van der Waals surface area contributed by atoms with Crippen LogP contribution >= 0.6 is 0 Å². The van der Waals surface area contributed by atoms with Gasteiger partial charge in [-0.2, -0.15) is 13.2 Å². The van der Waals surface area contributed by atoms with Crippen molar-refractivity contribution in [2.45, 2.75) is 13.1 Å². The lowest BCUT2D eigenvalue weighted by Crippen LogP contribution is -2.30. The standard InChI is InChI=1S/C11H12F3NO2/c1-8-3-5-9(6-4-8)15(2)10(16)17-7-11(12,13)14/h3-6H,7H2,1-2H3. The minimum Gasteiger partial charge on any atom is -0.440 e. The third-order valence-corrected chi connectivity index (χ3v) is 2.05. The van der Waals surface area contributed by atoms with Crippen molar-refractivity contribution in [3.05, 3.63) is 29.8 Å². The van der Waals surface area contributed by atoms with Crippen LogP contribution in [0.3, 0.4) is 0 Å². The highest BCUT2D eigenvalue weighted by Crippen LogP contribution is 2.17. The maximum atomic E-state index is 11.8. The average molecular weight is 247 g/mol. The predicted octanol–water partition coefficient (Wildman–Crippen LogP) is 3.13. The van der Waals surface area contributed by atoms with E-state index in [1.165, 1.54) is 7.05 Å². The summed E-state index contributed by atoms with van der Waals surface area (Å²) in [4.78, 5) is 12.3. The largest absolute Gasteiger partial charge is 0.440 e. The Kier molecular flexibility index (Phi) is 3.98. The molecule has 6 heteroatoms. The summed E-state index contributed by atoms with van der Waals surface area (Å²) in [6.07, 6.45) is -5.55. The monoisotopic (exact) mass is 247 g/mol. The van der Waals surface area contributed by atoms with Crippen molar-refractivity contribution in [2.24, 2.45) is 0 Å². The fourth-order valence-corrected chi connectivity index (χ4v) is 1.11. The van der Waals surface area contributed by atoms with Crippen molar-refractivity contribution in [2.75, 3.05) is 18.6 Å². The normalized spacial score (nSPS) is 11.1. The van der Waals surface area contributed by atoms with Gasteiger partial charge in [0, 0.05) is 12.7 Å². The van der Waals surface area contributed by atoms with Crippen LogP contribution in [0, 0.1) is 6.92 Å². The summed E-state index contributed by atoms with van der Waals surface area (Å²) in [6.45, 7) is 0.286. The molecule has 0 aliphatic rings. The molecule has 0 aliphatic carbocycles. The number of nitrogens with zero attached hydrogens (tertiary/aromatic N) is 1. The highest BCUT2D eigenvalue weighted by Gasteiger charge is 2.30. The Labute approximate surface area is 96.8 Å². The smallest absolute Gasteiger partial charge is 0.422 e. The third-order valence-electron chi connectivity index (χ3n) is 2.05. The lowest BCUT2D eigenvalue weighted by Gasteiger charge is -2.17.